The lowest BCUT2D eigenvalue weighted by Gasteiger charge is -2.24. The quantitative estimate of drug-likeness (QED) is 0.0608. The first-order valence-corrected chi connectivity index (χ1v) is 18.0. The third kappa shape index (κ3) is 5.60. The molecule has 0 unspecified atom stereocenters. The van der Waals surface area contributed by atoms with Gasteiger partial charge in [-0.2, -0.15) is 4.98 Å². The van der Waals surface area contributed by atoms with E-state index in [1.807, 2.05) is 38.1 Å². The van der Waals surface area contributed by atoms with Crippen LogP contribution < -0.4 is 14.4 Å². The average molecular weight is 707 g/mol. The number of carbonyl (C=O) groups is 1. The van der Waals surface area contributed by atoms with Crippen LogP contribution in [0.25, 0.3) is 65.8 Å². The molecule has 5 aromatic carbocycles. The number of nitrogens with one attached hydrogen (secondary N) is 1. The number of phosphoric acid groups is 2. The summed E-state index contributed by atoms with van der Waals surface area (Å²) in [5.74, 6) is -1.60. The lowest BCUT2D eigenvalue weighted by molar-refractivity contribution is 0.0947. The largest absolute Gasteiger partial charge is 0.524 e. The Labute approximate surface area is 276 Å². The molecule has 0 atom stereocenters. The maximum atomic E-state index is 13.2. The molecule has 17 heteroatoms. The van der Waals surface area contributed by atoms with E-state index in [2.05, 4.69) is 20.6 Å². The predicted octanol–water partition coefficient (Wildman–Crippen LogP) is 6.57. The number of fused-ring (bicyclic) bond motifs is 2. The van der Waals surface area contributed by atoms with Gasteiger partial charge in [0.25, 0.3) is 5.91 Å². The van der Waals surface area contributed by atoms with Crippen LogP contribution in [0.2, 0.25) is 0 Å². The van der Waals surface area contributed by atoms with Gasteiger partial charge in [-0.1, -0.05) is 60.6 Å². The van der Waals surface area contributed by atoms with Crippen LogP contribution in [0.1, 0.15) is 48.6 Å². The lowest BCUT2D eigenvalue weighted by Crippen LogP contribution is -2.23. The van der Waals surface area contributed by atoms with E-state index in [1.54, 1.807) is 32.0 Å². The van der Waals surface area contributed by atoms with E-state index < -0.39 is 27.3 Å². The van der Waals surface area contributed by atoms with E-state index in [4.69, 9.17) is 18.1 Å². The molecule has 0 aliphatic carbocycles. The van der Waals surface area contributed by atoms with Crippen molar-refractivity contribution < 1.29 is 51.6 Å². The van der Waals surface area contributed by atoms with Crippen LogP contribution in [0.4, 0.5) is 0 Å². The number of hydrogen-bond acceptors (Lipinski definition) is 10. The molecule has 0 spiro atoms. The third-order valence-corrected chi connectivity index (χ3v) is 8.97. The summed E-state index contributed by atoms with van der Waals surface area (Å²) < 4.78 is 46.5. The Morgan fingerprint density at radius 3 is 2.06 bits per heavy atom. The number of hydrogen-bond donors (Lipinski definition) is 5. The van der Waals surface area contributed by atoms with Gasteiger partial charge in [0.05, 0.1) is 0 Å². The summed E-state index contributed by atoms with van der Waals surface area (Å²) in [6, 6.07) is 13.9. The second-order valence-electron chi connectivity index (χ2n) is 11.6. The maximum Gasteiger partial charge on any atom is 0.524 e. The van der Waals surface area contributed by atoms with Gasteiger partial charge in [-0.15, -0.1) is 0 Å². The Kier molecular flexibility index (Phi) is 7.75. The van der Waals surface area contributed by atoms with E-state index in [1.165, 1.54) is 0 Å². The number of carbonyl (C=O) groups excluding carboxylic acids is 1. The molecule has 0 saturated carbocycles. The molecule has 1 amide bonds. The number of aryl methyl sites for hydroxylation is 1. The van der Waals surface area contributed by atoms with Gasteiger partial charge in [-0.05, 0) is 51.4 Å². The minimum absolute atomic E-state index is 0.0327. The molecule has 7 aromatic rings. The molecule has 0 aliphatic heterocycles. The molecule has 0 fully saturated rings. The number of rotatable bonds is 9. The molecule has 15 nitrogen and oxygen atoms in total. The lowest BCUT2D eigenvalue weighted by atomic mass is 9.82. The Bertz CT molecular complexity index is 2540. The van der Waals surface area contributed by atoms with E-state index in [9.17, 15) is 33.5 Å². The van der Waals surface area contributed by atoms with Crippen molar-refractivity contribution in [3.8, 4) is 34.2 Å². The zero-order valence-electron chi connectivity index (χ0n) is 26.3. The minimum atomic E-state index is -5.32. The molecule has 7 rings (SSSR count). The second kappa shape index (κ2) is 11.6. The van der Waals surface area contributed by atoms with Crippen molar-refractivity contribution in [2.75, 3.05) is 6.54 Å². The van der Waals surface area contributed by atoms with Crippen molar-refractivity contribution in [1.29, 1.82) is 0 Å². The minimum Gasteiger partial charge on any atom is -0.403 e. The van der Waals surface area contributed by atoms with Crippen molar-refractivity contribution in [3.63, 3.8) is 0 Å². The summed E-state index contributed by atoms with van der Waals surface area (Å²) in [6.07, 6.45) is 0. The second-order valence-corrected chi connectivity index (χ2v) is 14.0. The van der Waals surface area contributed by atoms with E-state index >= 15 is 0 Å². The molecule has 0 bridgehead atoms. The summed E-state index contributed by atoms with van der Waals surface area (Å²) >= 11 is 0. The Balaban J connectivity index is 1.77. The average Bonchev–Trinajstić information content (AvgIpc) is 3.64. The van der Waals surface area contributed by atoms with E-state index in [0.717, 1.165) is 22.2 Å². The zero-order valence-corrected chi connectivity index (χ0v) is 28.1. The molecular weight excluding hydrogens is 678 g/mol. The van der Waals surface area contributed by atoms with Gasteiger partial charge in [0.1, 0.15) is 17.1 Å². The Hall–Kier alpha value is -4.88. The smallest absolute Gasteiger partial charge is 0.403 e. The van der Waals surface area contributed by atoms with Crippen LogP contribution in [-0.4, -0.2) is 47.3 Å². The SMILES string of the molecule is CCNC(=O)c1noc(-c2cc(C(C)C)c3c4cccc5cccc(c6c(OP(=O)(O)O)cc(OP(=O)(O)O)c2c63)c54)c1-c1noc(C)n1. The molecule has 2 heterocycles. The molecular formula is C32H28N4O11P2. The fraction of sp³-hybridized carbons (Fsp3) is 0.188. The molecule has 0 radical (unpaired) electrons. The van der Waals surface area contributed by atoms with Crippen LogP contribution in [0.3, 0.4) is 0 Å². The number of nitrogens with zero attached hydrogens (tertiary/aromatic N) is 3. The highest BCUT2D eigenvalue weighted by Crippen LogP contribution is 2.56. The Morgan fingerprint density at radius 1 is 0.857 bits per heavy atom. The molecule has 49 heavy (non-hydrogen) atoms. The van der Waals surface area contributed by atoms with Crippen LogP contribution in [0, 0.1) is 6.92 Å². The van der Waals surface area contributed by atoms with Crippen molar-refractivity contribution in [2.45, 2.75) is 33.6 Å². The fourth-order valence-electron chi connectivity index (χ4n) is 6.43. The van der Waals surface area contributed by atoms with Crippen LogP contribution in [0.15, 0.2) is 57.6 Å². The summed E-state index contributed by atoms with van der Waals surface area (Å²) in [7, 11) is -10.6. The van der Waals surface area contributed by atoms with Crippen molar-refractivity contribution >= 4 is 64.6 Å². The van der Waals surface area contributed by atoms with Crippen LogP contribution in [-0.2, 0) is 9.13 Å². The van der Waals surface area contributed by atoms with Gasteiger partial charge in [-0.25, -0.2) is 9.13 Å². The first-order chi connectivity index (χ1) is 23.2. The summed E-state index contributed by atoms with van der Waals surface area (Å²) in [6.45, 7) is 7.42. The van der Waals surface area contributed by atoms with Crippen LogP contribution in [0.5, 0.6) is 11.5 Å². The topological polar surface area (TPSA) is 228 Å². The molecule has 0 aliphatic rings. The van der Waals surface area contributed by atoms with Gasteiger partial charge in [0.2, 0.25) is 11.7 Å². The van der Waals surface area contributed by atoms with Crippen molar-refractivity contribution in [3.05, 3.63) is 65.7 Å². The van der Waals surface area contributed by atoms with E-state index in [-0.39, 0.29) is 63.3 Å². The Morgan fingerprint density at radius 2 is 1.49 bits per heavy atom. The number of benzene rings is 5. The monoisotopic (exact) mass is 706 g/mol. The molecule has 2 aromatic heterocycles. The first kappa shape index (κ1) is 32.7. The van der Waals surface area contributed by atoms with Crippen LogP contribution >= 0.6 is 15.6 Å². The highest BCUT2D eigenvalue weighted by Gasteiger charge is 2.34. The normalized spacial score (nSPS) is 12.6. The highest BCUT2D eigenvalue weighted by molar-refractivity contribution is 7.47. The maximum absolute atomic E-state index is 13.2. The summed E-state index contributed by atoms with van der Waals surface area (Å²) in [4.78, 5) is 57.8. The molecule has 5 N–H and O–H groups in total. The van der Waals surface area contributed by atoms with Gasteiger partial charge in [0, 0.05) is 41.3 Å². The highest BCUT2D eigenvalue weighted by atomic mass is 31.2. The van der Waals surface area contributed by atoms with Gasteiger partial charge < -0.3 is 23.4 Å². The number of aromatic nitrogens is 3. The fourth-order valence-corrected chi connectivity index (χ4v) is 7.23. The van der Waals surface area contributed by atoms with Gasteiger partial charge >= 0.3 is 15.6 Å². The van der Waals surface area contributed by atoms with Crippen molar-refractivity contribution in [1.82, 2.24) is 20.6 Å². The molecule has 0 saturated heterocycles. The number of amides is 1. The standard InChI is InChI=1S/C32H28N4O11P2/c1-5-33-32(37)29-28(31-34-15(4)44-36-31)30(45-35-29)20-12-19(14(2)3)24-17-10-6-8-16-9-7-11-18(23(16)17)25-21(46-48(38,39)40)13-22(26(20)27(24)25)47-49(41,42)43/h6-14H,5H2,1-4H3,(H,33,37)(H2,38,39,40)(H2,41,42,43). The van der Waals surface area contributed by atoms with Gasteiger partial charge in [0.15, 0.2) is 11.5 Å². The third-order valence-electron chi connectivity index (χ3n) is 8.10. The zero-order chi connectivity index (χ0) is 35.0. The summed E-state index contributed by atoms with van der Waals surface area (Å²) in [5, 5.41) is 14.9. The number of phosphoric ester groups is 2. The van der Waals surface area contributed by atoms with Gasteiger partial charge in [-0.3, -0.25) is 24.4 Å². The summed E-state index contributed by atoms with van der Waals surface area (Å²) in [5.41, 5.74) is 0.738. The van der Waals surface area contributed by atoms with Crippen molar-refractivity contribution in [2.24, 2.45) is 0 Å². The first-order valence-electron chi connectivity index (χ1n) is 15.0. The molecule has 252 valence electrons. The predicted molar refractivity (Wildman–Crippen MR) is 179 cm³/mol. The van der Waals surface area contributed by atoms with E-state index in [0.29, 0.717) is 21.7 Å².